The summed E-state index contributed by atoms with van der Waals surface area (Å²) >= 11 is 0. The van der Waals surface area contributed by atoms with Crippen molar-refractivity contribution in [2.45, 2.75) is 6.18 Å². The van der Waals surface area contributed by atoms with Crippen molar-refractivity contribution in [1.82, 2.24) is 19.5 Å². The second-order valence-electron chi connectivity index (χ2n) is 6.46. The van der Waals surface area contributed by atoms with Crippen LogP contribution in [0.25, 0.3) is 16.9 Å². The van der Waals surface area contributed by atoms with E-state index in [2.05, 4.69) is 10.1 Å². The number of methoxy groups -OCH3 is 1. The minimum absolute atomic E-state index is 0.00474. The van der Waals surface area contributed by atoms with Gasteiger partial charge in [0.2, 0.25) is 0 Å². The number of alkyl halides is 3. The quantitative estimate of drug-likeness (QED) is 0.584. The average molecular weight is 408 g/mol. The lowest BCUT2D eigenvalue weighted by Gasteiger charge is -2.13. The van der Waals surface area contributed by atoms with Gasteiger partial charge < -0.3 is 14.4 Å². The molecule has 2 aromatic heterocycles. The van der Waals surface area contributed by atoms with Crippen LogP contribution in [0.15, 0.2) is 36.5 Å². The maximum Gasteiger partial charge on any atom is 0.433 e. The Balaban J connectivity index is 2.13. The van der Waals surface area contributed by atoms with E-state index in [1.807, 2.05) is 4.90 Å². The molecule has 0 atom stereocenters. The molecule has 0 amide bonds. The maximum absolute atomic E-state index is 13.7. The first-order valence-electron chi connectivity index (χ1n) is 8.63. The van der Waals surface area contributed by atoms with E-state index in [1.165, 1.54) is 7.11 Å². The zero-order chi connectivity index (χ0) is 21.2. The minimum Gasteiger partial charge on any atom is -0.496 e. The summed E-state index contributed by atoms with van der Waals surface area (Å²) < 4.78 is 51.9. The fourth-order valence-corrected chi connectivity index (χ4v) is 2.70. The predicted molar refractivity (Wildman–Crippen MR) is 98.8 cm³/mol. The third-order valence-corrected chi connectivity index (χ3v) is 4.14. The second-order valence-corrected chi connectivity index (χ2v) is 6.46. The predicted octanol–water partition coefficient (Wildman–Crippen LogP) is 3.14. The van der Waals surface area contributed by atoms with Crippen molar-refractivity contribution in [2.75, 3.05) is 34.4 Å². The standard InChI is InChI=1S/C19H19F3N4O3/c1-25(2)8-9-29-18(27)13-11-23-26-16(19(20,21)22)10-14(24-17(13)26)12-6-4-5-7-15(12)28-3/h4-7,10-11H,8-9H2,1-3H3. The van der Waals surface area contributed by atoms with Gasteiger partial charge in [0.1, 0.15) is 17.9 Å². The van der Waals surface area contributed by atoms with Gasteiger partial charge in [-0.15, -0.1) is 0 Å². The van der Waals surface area contributed by atoms with Crippen molar-refractivity contribution in [3.05, 3.63) is 47.8 Å². The van der Waals surface area contributed by atoms with E-state index in [1.54, 1.807) is 38.4 Å². The number of carbonyl (C=O) groups excluding carboxylic acids is 1. The Morgan fingerprint density at radius 2 is 1.97 bits per heavy atom. The fourth-order valence-electron chi connectivity index (χ4n) is 2.70. The van der Waals surface area contributed by atoms with Crippen LogP contribution >= 0.6 is 0 Å². The first-order chi connectivity index (χ1) is 13.7. The van der Waals surface area contributed by atoms with Crippen molar-refractivity contribution < 1.29 is 27.4 Å². The van der Waals surface area contributed by atoms with Crippen molar-refractivity contribution in [3.8, 4) is 17.0 Å². The molecule has 0 saturated carbocycles. The summed E-state index contributed by atoms with van der Waals surface area (Å²) in [6, 6.07) is 7.42. The summed E-state index contributed by atoms with van der Waals surface area (Å²) in [5, 5.41) is 3.72. The molecule has 3 aromatic rings. The van der Waals surface area contributed by atoms with Crippen LogP contribution < -0.4 is 4.74 Å². The van der Waals surface area contributed by atoms with E-state index in [0.29, 0.717) is 22.4 Å². The molecule has 1 aromatic carbocycles. The maximum atomic E-state index is 13.7. The van der Waals surface area contributed by atoms with Gasteiger partial charge in [-0.2, -0.15) is 18.3 Å². The number of aromatic nitrogens is 3. The topological polar surface area (TPSA) is 69.0 Å². The first kappa shape index (κ1) is 20.6. The first-order valence-corrected chi connectivity index (χ1v) is 8.63. The summed E-state index contributed by atoms with van der Waals surface area (Å²) in [6.07, 6.45) is -3.68. The van der Waals surface area contributed by atoms with Crippen LogP contribution in [0, 0.1) is 0 Å². The smallest absolute Gasteiger partial charge is 0.433 e. The van der Waals surface area contributed by atoms with Crippen LogP contribution in [-0.2, 0) is 10.9 Å². The highest BCUT2D eigenvalue weighted by molar-refractivity contribution is 5.96. The fraction of sp³-hybridized carbons (Fsp3) is 0.316. The van der Waals surface area contributed by atoms with Crippen LogP contribution in [0.4, 0.5) is 13.2 Å². The Labute approximate surface area is 164 Å². The van der Waals surface area contributed by atoms with Gasteiger partial charge in [-0.25, -0.2) is 14.3 Å². The number of halogens is 3. The zero-order valence-corrected chi connectivity index (χ0v) is 16.0. The van der Waals surface area contributed by atoms with E-state index < -0.39 is 17.8 Å². The Kier molecular flexibility index (Phi) is 5.73. The molecular weight excluding hydrogens is 389 g/mol. The summed E-state index contributed by atoms with van der Waals surface area (Å²) in [7, 11) is 5.02. The Hall–Kier alpha value is -3.14. The highest BCUT2D eigenvalue weighted by Gasteiger charge is 2.36. The molecule has 3 rings (SSSR count). The molecule has 0 aliphatic carbocycles. The van der Waals surface area contributed by atoms with Crippen molar-refractivity contribution in [3.63, 3.8) is 0 Å². The molecule has 0 saturated heterocycles. The van der Waals surface area contributed by atoms with Crippen LogP contribution in [0.2, 0.25) is 0 Å². The Bertz CT molecular complexity index is 1030. The molecule has 10 heteroatoms. The molecular formula is C19H19F3N4O3. The van der Waals surface area contributed by atoms with Gasteiger partial charge in [0.15, 0.2) is 11.3 Å². The number of benzene rings is 1. The lowest BCUT2D eigenvalue weighted by Crippen LogP contribution is -2.20. The minimum atomic E-state index is -4.71. The van der Waals surface area contributed by atoms with Gasteiger partial charge >= 0.3 is 12.1 Å². The van der Waals surface area contributed by atoms with Crippen molar-refractivity contribution in [2.24, 2.45) is 0 Å². The summed E-state index contributed by atoms with van der Waals surface area (Å²) in [6.45, 7) is 0.556. The number of esters is 1. The molecule has 0 fully saturated rings. The lowest BCUT2D eigenvalue weighted by atomic mass is 10.1. The molecule has 29 heavy (non-hydrogen) atoms. The Morgan fingerprint density at radius 1 is 1.24 bits per heavy atom. The summed E-state index contributed by atoms with van der Waals surface area (Å²) in [5.41, 5.74) is -1.08. The molecule has 2 heterocycles. The number of hydrogen-bond donors (Lipinski definition) is 0. The van der Waals surface area contributed by atoms with Gasteiger partial charge in [0.05, 0.1) is 19.0 Å². The number of fused-ring (bicyclic) bond motifs is 1. The molecule has 0 spiro atoms. The van der Waals surface area contributed by atoms with Gasteiger partial charge in [-0.05, 0) is 32.3 Å². The van der Waals surface area contributed by atoms with E-state index in [4.69, 9.17) is 9.47 Å². The van der Waals surface area contributed by atoms with Gasteiger partial charge in [-0.1, -0.05) is 12.1 Å². The van der Waals surface area contributed by atoms with E-state index in [0.717, 1.165) is 12.3 Å². The van der Waals surface area contributed by atoms with E-state index in [9.17, 15) is 18.0 Å². The molecule has 7 nitrogen and oxygen atoms in total. The number of nitrogens with zero attached hydrogens (tertiary/aromatic N) is 4. The van der Waals surface area contributed by atoms with Crippen molar-refractivity contribution in [1.29, 1.82) is 0 Å². The summed E-state index contributed by atoms with van der Waals surface area (Å²) in [5.74, 6) is -0.438. The van der Waals surface area contributed by atoms with Crippen LogP contribution in [-0.4, -0.2) is 59.8 Å². The molecule has 154 valence electrons. The zero-order valence-electron chi connectivity index (χ0n) is 16.0. The number of rotatable bonds is 6. The highest BCUT2D eigenvalue weighted by Crippen LogP contribution is 2.35. The lowest BCUT2D eigenvalue weighted by molar-refractivity contribution is -0.142. The monoisotopic (exact) mass is 408 g/mol. The van der Waals surface area contributed by atoms with Gasteiger partial charge in [0, 0.05) is 12.1 Å². The third-order valence-electron chi connectivity index (χ3n) is 4.14. The van der Waals surface area contributed by atoms with Gasteiger partial charge in [0.25, 0.3) is 0 Å². The SMILES string of the molecule is COc1ccccc1-c1cc(C(F)(F)F)n2ncc(C(=O)OCCN(C)C)c2n1. The van der Waals surface area contributed by atoms with Crippen LogP contribution in [0.5, 0.6) is 5.75 Å². The highest BCUT2D eigenvalue weighted by atomic mass is 19.4. The molecule has 0 unspecified atom stereocenters. The molecule has 0 N–H and O–H groups in total. The summed E-state index contributed by atoms with van der Waals surface area (Å²) in [4.78, 5) is 18.5. The Morgan fingerprint density at radius 3 is 2.62 bits per heavy atom. The molecule has 0 aliphatic rings. The number of hydrogen-bond acceptors (Lipinski definition) is 6. The van der Waals surface area contributed by atoms with Gasteiger partial charge in [-0.3, -0.25) is 0 Å². The molecule has 0 radical (unpaired) electrons. The van der Waals surface area contributed by atoms with E-state index >= 15 is 0 Å². The third kappa shape index (κ3) is 4.32. The number of ether oxygens (including phenoxy) is 2. The second kappa shape index (κ2) is 8.08. The van der Waals surface area contributed by atoms with Crippen LogP contribution in [0.1, 0.15) is 16.1 Å². The molecule has 0 bridgehead atoms. The number of para-hydroxylation sites is 1. The normalized spacial score (nSPS) is 11.8. The molecule has 0 aliphatic heterocycles. The average Bonchev–Trinajstić information content (AvgIpc) is 3.10. The number of carbonyl (C=O) groups is 1. The van der Waals surface area contributed by atoms with Crippen LogP contribution in [0.3, 0.4) is 0 Å². The van der Waals surface area contributed by atoms with Crippen molar-refractivity contribution >= 4 is 11.6 Å². The largest absolute Gasteiger partial charge is 0.496 e. The van der Waals surface area contributed by atoms with E-state index in [-0.39, 0.29) is 23.5 Å². The number of likely N-dealkylation sites (N-methyl/N-ethyl adjacent to an activating group) is 1.